The molecule has 0 aliphatic rings. The van der Waals surface area contributed by atoms with Crippen LogP contribution in [0.15, 0.2) is 18.2 Å². The van der Waals surface area contributed by atoms with Gasteiger partial charge >= 0.3 is 5.97 Å². The van der Waals surface area contributed by atoms with E-state index in [9.17, 15) is 9.18 Å². The van der Waals surface area contributed by atoms with Crippen molar-refractivity contribution in [2.75, 3.05) is 7.11 Å². The molecule has 0 saturated carbocycles. The molecule has 0 amide bonds. The second-order valence-electron chi connectivity index (χ2n) is 3.06. The third-order valence-electron chi connectivity index (χ3n) is 1.99. The topological polar surface area (TPSA) is 52.3 Å². The highest BCUT2D eigenvalue weighted by atomic mass is 35.5. The molecule has 16 heavy (non-hydrogen) atoms. The third-order valence-corrected chi connectivity index (χ3v) is 2.29. The molecule has 0 heterocycles. The molecule has 1 rings (SSSR count). The molecule has 90 valence electrons. The summed E-state index contributed by atoms with van der Waals surface area (Å²) >= 11 is 5.51. The van der Waals surface area contributed by atoms with Crippen LogP contribution in [0.25, 0.3) is 0 Å². The van der Waals surface area contributed by atoms with Crippen molar-refractivity contribution >= 4 is 30.0 Å². The van der Waals surface area contributed by atoms with Crippen LogP contribution in [-0.4, -0.2) is 13.1 Å². The highest BCUT2D eigenvalue weighted by Crippen LogP contribution is 2.20. The summed E-state index contributed by atoms with van der Waals surface area (Å²) in [4.78, 5) is 10.9. The first-order valence-corrected chi connectivity index (χ1v) is 4.69. The van der Waals surface area contributed by atoms with Crippen molar-refractivity contribution in [2.24, 2.45) is 5.73 Å². The van der Waals surface area contributed by atoms with E-state index in [4.69, 9.17) is 17.3 Å². The average Bonchev–Trinajstić information content (AvgIpc) is 2.21. The number of hydrogen-bond donors (Lipinski definition) is 1. The average molecular weight is 268 g/mol. The fraction of sp³-hybridized carbons (Fsp3) is 0.300. The molecule has 1 aromatic rings. The lowest BCUT2D eigenvalue weighted by atomic mass is 10.0. The summed E-state index contributed by atoms with van der Waals surface area (Å²) in [5.74, 6) is -0.979. The largest absolute Gasteiger partial charge is 0.469 e. The van der Waals surface area contributed by atoms with Gasteiger partial charge in [-0.25, -0.2) is 4.39 Å². The predicted octanol–water partition coefficient (Wildman–Crippen LogP) is 2.46. The van der Waals surface area contributed by atoms with Crippen LogP contribution < -0.4 is 5.73 Å². The summed E-state index contributed by atoms with van der Waals surface area (Å²) in [5.41, 5.74) is 6.20. The molecule has 3 nitrogen and oxygen atoms in total. The molecule has 0 saturated heterocycles. The van der Waals surface area contributed by atoms with Gasteiger partial charge in [0.15, 0.2) is 0 Å². The van der Waals surface area contributed by atoms with E-state index in [1.54, 1.807) is 6.07 Å². The minimum absolute atomic E-state index is 0. The quantitative estimate of drug-likeness (QED) is 0.857. The van der Waals surface area contributed by atoms with Gasteiger partial charge in [-0.3, -0.25) is 4.79 Å². The van der Waals surface area contributed by atoms with Gasteiger partial charge in [-0.2, -0.15) is 0 Å². The van der Waals surface area contributed by atoms with E-state index in [1.165, 1.54) is 19.2 Å². The molecule has 0 spiro atoms. The van der Waals surface area contributed by atoms with Crippen LogP contribution in [0.1, 0.15) is 18.0 Å². The number of nitrogens with two attached hydrogens (primary N) is 1. The van der Waals surface area contributed by atoms with Crippen molar-refractivity contribution in [3.05, 3.63) is 34.6 Å². The molecule has 0 bridgehead atoms. The van der Waals surface area contributed by atoms with Crippen LogP contribution in [0.5, 0.6) is 0 Å². The number of halogens is 3. The molecule has 0 aromatic heterocycles. The Labute approximate surface area is 104 Å². The Morgan fingerprint density at radius 1 is 1.62 bits per heavy atom. The van der Waals surface area contributed by atoms with Gasteiger partial charge in [0.2, 0.25) is 0 Å². The van der Waals surface area contributed by atoms with Gasteiger partial charge in [0.05, 0.1) is 18.6 Å². The molecule has 0 aliphatic carbocycles. The molecule has 1 aromatic carbocycles. The highest BCUT2D eigenvalue weighted by Gasteiger charge is 2.13. The Bertz CT molecular complexity index is 374. The van der Waals surface area contributed by atoms with Crippen molar-refractivity contribution in [3.8, 4) is 0 Å². The Balaban J connectivity index is 0.00000225. The first-order valence-electron chi connectivity index (χ1n) is 4.32. The standard InChI is InChI=1S/C10H11ClFNO2.ClH/c1-15-10(14)5-9(13)6-2-3-7(11)8(12)4-6;/h2-4,9H,5,13H2,1H3;1H/t9-;/m0./s1. The SMILES string of the molecule is COC(=O)C[C@H](N)c1ccc(Cl)c(F)c1.Cl. The van der Waals surface area contributed by atoms with Crippen LogP contribution in [0.2, 0.25) is 5.02 Å². The van der Waals surface area contributed by atoms with E-state index in [0.717, 1.165) is 0 Å². The Kier molecular flexibility index (Phi) is 6.33. The first kappa shape index (κ1) is 15.2. The van der Waals surface area contributed by atoms with Gasteiger partial charge in [0, 0.05) is 6.04 Å². The summed E-state index contributed by atoms with van der Waals surface area (Å²) in [6.07, 6.45) is 0.0115. The Hall–Kier alpha value is -0.840. The monoisotopic (exact) mass is 267 g/mol. The van der Waals surface area contributed by atoms with E-state index in [-0.39, 0.29) is 23.9 Å². The normalized spacial score (nSPS) is 11.5. The van der Waals surface area contributed by atoms with E-state index in [1.807, 2.05) is 0 Å². The summed E-state index contributed by atoms with van der Waals surface area (Å²) in [7, 11) is 1.28. The third kappa shape index (κ3) is 3.96. The maximum Gasteiger partial charge on any atom is 0.307 e. The van der Waals surface area contributed by atoms with E-state index in [2.05, 4.69) is 4.74 Å². The number of carbonyl (C=O) groups excluding carboxylic acids is 1. The van der Waals surface area contributed by atoms with Crippen LogP contribution >= 0.6 is 24.0 Å². The number of ether oxygens (including phenoxy) is 1. The molecule has 0 radical (unpaired) electrons. The van der Waals surface area contributed by atoms with Gasteiger partial charge < -0.3 is 10.5 Å². The second kappa shape index (κ2) is 6.68. The maximum absolute atomic E-state index is 13.1. The summed E-state index contributed by atoms with van der Waals surface area (Å²) in [6, 6.07) is 3.63. The smallest absolute Gasteiger partial charge is 0.307 e. The number of rotatable bonds is 3. The maximum atomic E-state index is 13.1. The fourth-order valence-corrected chi connectivity index (χ4v) is 1.24. The van der Waals surface area contributed by atoms with Gasteiger partial charge in [-0.15, -0.1) is 12.4 Å². The zero-order chi connectivity index (χ0) is 11.4. The number of esters is 1. The lowest BCUT2D eigenvalue weighted by Crippen LogP contribution is -2.16. The highest BCUT2D eigenvalue weighted by molar-refractivity contribution is 6.30. The number of methoxy groups -OCH3 is 1. The number of benzene rings is 1. The van der Waals surface area contributed by atoms with Crippen molar-refractivity contribution in [1.29, 1.82) is 0 Å². The zero-order valence-electron chi connectivity index (χ0n) is 8.57. The van der Waals surface area contributed by atoms with Crippen molar-refractivity contribution in [3.63, 3.8) is 0 Å². The summed E-state index contributed by atoms with van der Waals surface area (Å²) < 4.78 is 17.5. The minimum Gasteiger partial charge on any atom is -0.469 e. The second-order valence-corrected chi connectivity index (χ2v) is 3.47. The lowest BCUT2D eigenvalue weighted by molar-refractivity contribution is -0.141. The minimum atomic E-state index is -0.579. The predicted molar refractivity (Wildman–Crippen MR) is 62.2 cm³/mol. The Morgan fingerprint density at radius 3 is 2.75 bits per heavy atom. The molecule has 0 aliphatic heterocycles. The van der Waals surface area contributed by atoms with E-state index >= 15 is 0 Å². The van der Waals surface area contributed by atoms with E-state index < -0.39 is 17.8 Å². The van der Waals surface area contributed by atoms with Crippen LogP contribution in [0.3, 0.4) is 0 Å². The summed E-state index contributed by atoms with van der Waals surface area (Å²) in [6.45, 7) is 0. The molecule has 2 N–H and O–H groups in total. The van der Waals surface area contributed by atoms with Gasteiger partial charge in [-0.1, -0.05) is 17.7 Å². The van der Waals surface area contributed by atoms with Crippen molar-refractivity contribution in [1.82, 2.24) is 0 Å². The molecule has 6 heteroatoms. The Morgan fingerprint density at radius 2 is 2.25 bits per heavy atom. The fourth-order valence-electron chi connectivity index (χ4n) is 1.12. The molecular weight excluding hydrogens is 256 g/mol. The van der Waals surface area contributed by atoms with Gasteiger partial charge in [0.1, 0.15) is 5.82 Å². The first-order chi connectivity index (χ1) is 7.04. The molecule has 0 unspecified atom stereocenters. The number of carbonyl (C=O) groups is 1. The van der Waals surface area contributed by atoms with Crippen molar-refractivity contribution < 1.29 is 13.9 Å². The molecule has 1 atom stereocenters. The number of hydrogen-bond acceptors (Lipinski definition) is 3. The van der Waals surface area contributed by atoms with Crippen LogP contribution in [0, 0.1) is 5.82 Å². The van der Waals surface area contributed by atoms with Crippen LogP contribution in [0.4, 0.5) is 4.39 Å². The van der Waals surface area contributed by atoms with Crippen LogP contribution in [-0.2, 0) is 9.53 Å². The summed E-state index contributed by atoms with van der Waals surface area (Å²) in [5, 5.41) is 0.0315. The lowest BCUT2D eigenvalue weighted by Gasteiger charge is -2.10. The zero-order valence-corrected chi connectivity index (χ0v) is 10.1. The van der Waals surface area contributed by atoms with E-state index in [0.29, 0.717) is 5.56 Å². The van der Waals surface area contributed by atoms with Gasteiger partial charge in [-0.05, 0) is 17.7 Å². The molecule has 0 fully saturated rings. The molecular formula is C10H12Cl2FNO2. The van der Waals surface area contributed by atoms with Crippen molar-refractivity contribution in [2.45, 2.75) is 12.5 Å². The van der Waals surface area contributed by atoms with Gasteiger partial charge in [0.25, 0.3) is 0 Å².